The Morgan fingerprint density at radius 3 is 2.18 bits per heavy atom. The van der Waals surface area contributed by atoms with Gasteiger partial charge in [0.1, 0.15) is 6.54 Å². The van der Waals surface area contributed by atoms with E-state index in [1.54, 1.807) is 13.8 Å². The van der Waals surface area contributed by atoms with Crippen LogP contribution in [-0.2, 0) is 14.4 Å². The van der Waals surface area contributed by atoms with Gasteiger partial charge in [0, 0.05) is 5.92 Å². The lowest BCUT2D eigenvalue weighted by molar-refractivity contribution is -0.136. The molecule has 5 nitrogen and oxygen atoms in total. The Morgan fingerprint density at radius 2 is 1.73 bits per heavy atom. The molecule has 6 heteroatoms. The predicted molar refractivity (Wildman–Crippen MR) is 88.2 cm³/mol. The highest BCUT2D eigenvalue weighted by Crippen LogP contribution is 2.25. The Labute approximate surface area is 134 Å². The zero-order chi connectivity index (χ0) is 16.9. The van der Waals surface area contributed by atoms with Crippen LogP contribution in [0.15, 0.2) is 18.2 Å². The maximum absolute atomic E-state index is 12.4. The van der Waals surface area contributed by atoms with Crippen LogP contribution in [0.3, 0.4) is 0 Å². The van der Waals surface area contributed by atoms with Gasteiger partial charge in [-0.3, -0.25) is 19.3 Å². The molecule has 0 unspecified atom stereocenters. The Bertz CT molecular complexity index is 563. The summed E-state index contributed by atoms with van der Waals surface area (Å²) in [5.41, 5.74) is 2.26. The number of aryl methyl sites for hydroxylation is 2. The summed E-state index contributed by atoms with van der Waals surface area (Å²) in [5.74, 6) is -1.68. The average molecular weight is 323 g/mol. The number of carbonyl (C=O) groups is 3. The molecule has 22 heavy (non-hydrogen) atoms. The van der Waals surface area contributed by atoms with Crippen LogP contribution in [0.2, 0.25) is 0 Å². The smallest absolute Gasteiger partial charge is 0.323 e. The summed E-state index contributed by atoms with van der Waals surface area (Å²) in [5, 5.41) is 9.00. The van der Waals surface area contributed by atoms with E-state index in [4.69, 9.17) is 5.11 Å². The first-order chi connectivity index (χ1) is 10.2. The average Bonchev–Trinajstić information content (AvgIpc) is 2.42. The third-order valence-electron chi connectivity index (χ3n) is 3.11. The fourth-order valence-corrected chi connectivity index (χ4v) is 2.79. The quantitative estimate of drug-likeness (QED) is 0.871. The van der Waals surface area contributed by atoms with Crippen molar-refractivity contribution in [2.45, 2.75) is 27.7 Å². The number of carboxylic acids is 1. The lowest BCUT2D eigenvalue weighted by Gasteiger charge is -2.24. The highest BCUT2D eigenvalue weighted by Gasteiger charge is 2.23. The molecular weight excluding hydrogens is 302 g/mol. The number of rotatable bonds is 6. The van der Waals surface area contributed by atoms with E-state index in [0.29, 0.717) is 5.69 Å². The van der Waals surface area contributed by atoms with Gasteiger partial charge in [0.05, 0.1) is 11.4 Å². The third-order valence-corrected chi connectivity index (χ3v) is 4.26. The van der Waals surface area contributed by atoms with E-state index in [9.17, 15) is 14.4 Å². The third kappa shape index (κ3) is 4.87. The van der Waals surface area contributed by atoms with Gasteiger partial charge < -0.3 is 5.11 Å². The van der Waals surface area contributed by atoms with Crippen LogP contribution in [-0.4, -0.2) is 34.4 Å². The SMILES string of the molecule is Cc1cccc(C)c1N(CC(=O)O)C(=O)CSC(=O)C(C)C. The first-order valence-corrected chi connectivity index (χ1v) is 7.97. The maximum Gasteiger partial charge on any atom is 0.323 e. The van der Waals surface area contributed by atoms with Crippen LogP contribution in [0.25, 0.3) is 0 Å². The summed E-state index contributed by atoms with van der Waals surface area (Å²) in [6.07, 6.45) is 0. The topological polar surface area (TPSA) is 74.7 Å². The molecule has 0 saturated carbocycles. The number of anilines is 1. The fourth-order valence-electron chi connectivity index (χ4n) is 2.04. The summed E-state index contributed by atoms with van der Waals surface area (Å²) in [4.78, 5) is 36.4. The molecule has 120 valence electrons. The fraction of sp³-hybridized carbons (Fsp3) is 0.438. The van der Waals surface area contributed by atoms with Crippen LogP contribution in [0.4, 0.5) is 5.69 Å². The number of hydrogen-bond donors (Lipinski definition) is 1. The minimum absolute atomic E-state index is 0.0575. The van der Waals surface area contributed by atoms with Crippen molar-refractivity contribution in [3.05, 3.63) is 29.3 Å². The molecule has 1 rings (SSSR count). The summed E-state index contributed by atoms with van der Waals surface area (Å²) < 4.78 is 0. The number of nitrogens with zero attached hydrogens (tertiary/aromatic N) is 1. The molecule has 1 amide bonds. The largest absolute Gasteiger partial charge is 0.480 e. The highest BCUT2D eigenvalue weighted by atomic mass is 32.2. The molecule has 0 fully saturated rings. The van der Waals surface area contributed by atoms with E-state index in [-0.39, 0.29) is 22.7 Å². The minimum atomic E-state index is -1.09. The summed E-state index contributed by atoms with van der Waals surface area (Å²) in [6.45, 7) is 6.77. The Kier molecular flexibility index (Phi) is 6.61. The Balaban J connectivity index is 3.00. The van der Waals surface area contributed by atoms with Crippen LogP contribution >= 0.6 is 11.8 Å². The first kappa shape index (κ1) is 18.2. The molecule has 1 aromatic rings. The van der Waals surface area contributed by atoms with Gasteiger partial charge in [-0.2, -0.15) is 0 Å². The predicted octanol–water partition coefficient (Wildman–Crippen LogP) is 2.64. The zero-order valence-electron chi connectivity index (χ0n) is 13.3. The van der Waals surface area contributed by atoms with E-state index in [1.807, 2.05) is 32.0 Å². The molecule has 0 spiro atoms. The van der Waals surface area contributed by atoms with Gasteiger partial charge in [-0.15, -0.1) is 0 Å². The lowest BCUT2D eigenvalue weighted by Crippen LogP contribution is -2.38. The molecule has 0 aliphatic carbocycles. The van der Waals surface area contributed by atoms with Gasteiger partial charge in [-0.25, -0.2) is 0 Å². The van der Waals surface area contributed by atoms with Crippen LogP contribution in [0, 0.1) is 19.8 Å². The van der Waals surface area contributed by atoms with E-state index in [0.717, 1.165) is 22.9 Å². The van der Waals surface area contributed by atoms with Crippen LogP contribution in [0.5, 0.6) is 0 Å². The number of thioether (sulfide) groups is 1. The Hall–Kier alpha value is -1.82. The van der Waals surface area contributed by atoms with Gasteiger partial charge in [0.15, 0.2) is 5.12 Å². The van der Waals surface area contributed by atoms with Gasteiger partial charge in [0.25, 0.3) is 0 Å². The van der Waals surface area contributed by atoms with Crippen molar-refractivity contribution in [1.29, 1.82) is 0 Å². The van der Waals surface area contributed by atoms with E-state index in [2.05, 4.69) is 0 Å². The van der Waals surface area contributed by atoms with E-state index in [1.165, 1.54) is 4.90 Å². The molecule has 0 aliphatic rings. The van der Waals surface area contributed by atoms with Crippen molar-refractivity contribution < 1.29 is 19.5 Å². The number of para-hydroxylation sites is 1. The lowest BCUT2D eigenvalue weighted by atomic mass is 10.1. The standard InChI is InChI=1S/C16H21NO4S/c1-10(2)16(21)22-9-13(18)17(8-14(19)20)15-11(3)6-5-7-12(15)4/h5-7,10H,8-9H2,1-4H3,(H,19,20). The number of carboxylic acid groups (broad SMARTS) is 1. The molecule has 0 atom stereocenters. The van der Waals surface area contributed by atoms with Crippen molar-refractivity contribution in [1.82, 2.24) is 0 Å². The monoisotopic (exact) mass is 323 g/mol. The van der Waals surface area contributed by atoms with E-state index >= 15 is 0 Å². The molecule has 0 aliphatic heterocycles. The summed E-state index contributed by atoms with van der Waals surface area (Å²) in [7, 11) is 0. The zero-order valence-corrected chi connectivity index (χ0v) is 14.1. The summed E-state index contributed by atoms with van der Waals surface area (Å²) in [6, 6.07) is 5.52. The van der Waals surface area contributed by atoms with Crippen LogP contribution in [0.1, 0.15) is 25.0 Å². The van der Waals surface area contributed by atoms with Gasteiger partial charge in [-0.05, 0) is 25.0 Å². The molecule has 0 aromatic heterocycles. The molecule has 1 N–H and O–H groups in total. The van der Waals surface area contributed by atoms with Crippen LogP contribution < -0.4 is 4.90 Å². The normalized spacial score (nSPS) is 10.6. The number of carbonyl (C=O) groups excluding carboxylic acids is 2. The van der Waals surface area contributed by atoms with E-state index < -0.39 is 12.5 Å². The number of amides is 1. The van der Waals surface area contributed by atoms with Crippen molar-refractivity contribution in [2.75, 3.05) is 17.2 Å². The second-order valence-corrected chi connectivity index (χ2v) is 6.36. The number of benzene rings is 1. The first-order valence-electron chi connectivity index (χ1n) is 6.99. The van der Waals surface area contributed by atoms with Crippen molar-refractivity contribution in [2.24, 2.45) is 5.92 Å². The minimum Gasteiger partial charge on any atom is -0.480 e. The molecular formula is C16H21NO4S. The van der Waals surface area contributed by atoms with Gasteiger partial charge in [-0.1, -0.05) is 43.8 Å². The number of aliphatic carboxylic acids is 1. The molecule has 0 heterocycles. The maximum atomic E-state index is 12.4. The van der Waals surface area contributed by atoms with Crippen molar-refractivity contribution in [3.8, 4) is 0 Å². The van der Waals surface area contributed by atoms with Gasteiger partial charge >= 0.3 is 5.97 Å². The number of hydrogen-bond acceptors (Lipinski definition) is 4. The second-order valence-electron chi connectivity index (χ2n) is 5.38. The molecule has 1 aromatic carbocycles. The summed E-state index contributed by atoms with van der Waals surface area (Å²) >= 11 is 0.931. The highest BCUT2D eigenvalue weighted by molar-refractivity contribution is 8.14. The molecule has 0 saturated heterocycles. The molecule has 0 radical (unpaired) electrons. The molecule has 0 bridgehead atoms. The second kappa shape index (κ2) is 7.98. The van der Waals surface area contributed by atoms with Gasteiger partial charge in [0.2, 0.25) is 5.91 Å². The Morgan fingerprint density at radius 1 is 1.18 bits per heavy atom. The van der Waals surface area contributed by atoms with Crippen molar-refractivity contribution >= 4 is 34.4 Å². The van der Waals surface area contributed by atoms with Crippen molar-refractivity contribution in [3.63, 3.8) is 0 Å².